The highest BCUT2D eigenvalue weighted by Gasteiger charge is 2.26. The van der Waals surface area contributed by atoms with Crippen LogP contribution in [0.5, 0.6) is 0 Å². The summed E-state index contributed by atoms with van der Waals surface area (Å²) >= 11 is 0. The minimum atomic E-state index is -0.413. The zero-order chi connectivity index (χ0) is 18.7. The van der Waals surface area contributed by atoms with Gasteiger partial charge in [0.05, 0.1) is 11.4 Å². The van der Waals surface area contributed by atoms with E-state index in [9.17, 15) is 14.4 Å². The van der Waals surface area contributed by atoms with E-state index in [1.807, 2.05) is 25.1 Å². The van der Waals surface area contributed by atoms with E-state index in [2.05, 4.69) is 10.4 Å². The molecule has 0 saturated carbocycles. The van der Waals surface area contributed by atoms with Crippen molar-refractivity contribution in [3.05, 3.63) is 59.7 Å². The number of nitrogens with zero attached hydrogens (tertiary/aromatic N) is 2. The maximum absolute atomic E-state index is 12.6. The van der Waals surface area contributed by atoms with Gasteiger partial charge in [-0.3, -0.25) is 14.4 Å². The number of carbonyl (C=O) groups excluding carboxylic acids is 3. The number of benzene rings is 2. The first-order valence-corrected chi connectivity index (χ1v) is 8.34. The van der Waals surface area contributed by atoms with Gasteiger partial charge in [0.2, 0.25) is 5.91 Å². The first kappa shape index (κ1) is 17.5. The Morgan fingerprint density at radius 1 is 1.08 bits per heavy atom. The summed E-state index contributed by atoms with van der Waals surface area (Å²) in [5, 5.41) is 8.25. The van der Waals surface area contributed by atoms with Crippen molar-refractivity contribution in [1.82, 2.24) is 0 Å². The molecule has 6 nitrogen and oxygen atoms in total. The summed E-state index contributed by atoms with van der Waals surface area (Å²) in [7, 11) is 0. The third-order valence-electron chi connectivity index (χ3n) is 4.10. The molecule has 132 valence electrons. The molecule has 0 radical (unpaired) electrons. The summed E-state index contributed by atoms with van der Waals surface area (Å²) in [4.78, 5) is 36.5. The number of rotatable bonds is 4. The zero-order valence-corrected chi connectivity index (χ0v) is 14.7. The molecule has 0 aliphatic carbocycles. The summed E-state index contributed by atoms with van der Waals surface area (Å²) in [6.45, 7) is 3.37. The molecule has 0 aromatic heterocycles. The summed E-state index contributed by atoms with van der Waals surface area (Å²) in [5.41, 5.74) is 2.75. The van der Waals surface area contributed by atoms with Gasteiger partial charge in [-0.15, -0.1) is 0 Å². The van der Waals surface area contributed by atoms with Crippen LogP contribution in [-0.2, 0) is 9.59 Å². The molecule has 0 unspecified atom stereocenters. The quantitative estimate of drug-likeness (QED) is 0.860. The largest absolute Gasteiger partial charge is 0.320 e. The van der Waals surface area contributed by atoms with Crippen LogP contribution >= 0.6 is 0 Å². The summed E-state index contributed by atoms with van der Waals surface area (Å²) in [6.07, 6.45) is 0.462. The van der Waals surface area contributed by atoms with E-state index < -0.39 is 5.91 Å². The maximum atomic E-state index is 12.6. The lowest BCUT2D eigenvalue weighted by molar-refractivity contribution is -0.118. The number of hydrogen-bond acceptors (Lipinski definition) is 4. The molecule has 0 fully saturated rings. The fraction of sp³-hybridized carbons (Fsp3) is 0.200. The first-order valence-electron chi connectivity index (χ1n) is 8.34. The lowest BCUT2D eigenvalue weighted by Crippen LogP contribution is -2.36. The maximum Gasteiger partial charge on any atom is 0.271 e. The topological polar surface area (TPSA) is 78.8 Å². The lowest BCUT2D eigenvalue weighted by atomic mass is 10.1. The van der Waals surface area contributed by atoms with E-state index in [0.29, 0.717) is 16.9 Å². The van der Waals surface area contributed by atoms with Crippen LogP contribution in [0, 0.1) is 6.92 Å². The zero-order valence-electron chi connectivity index (χ0n) is 14.7. The minimum absolute atomic E-state index is 0.136. The third kappa shape index (κ3) is 3.69. The molecule has 0 bridgehead atoms. The van der Waals surface area contributed by atoms with Crippen LogP contribution in [0.4, 0.5) is 11.4 Å². The fourth-order valence-electron chi connectivity index (χ4n) is 2.77. The second-order valence-electron chi connectivity index (χ2n) is 6.15. The van der Waals surface area contributed by atoms with Gasteiger partial charge in [0, 0.05) is 18.4 Å². The van der Waals surface area contributed by atoms with Crippen molar-refractivity contribution < 1.29 is 14.4 Å². The lowest BCUT2D eigenvalue weighted by Gasteiger charge is -2.23. The molecule has 2 aromatic rings. The average Bonchev–Trinajstić information content (AvgIpc) is 2.62. The van der Waals surface area contributed by atoms with Crippen LogP contribution in [0.25, 0.3) is 0 Å². The van der Waals surface area contributed by atoms with Crippen LogP contribution in [-0.4, -0.2) is 23.3 Å². The molecule has 0 atom stereocenters. The molecule has 26 heavy (non-hydrogen) atoms. The van der Waals surface area contributed by atoms with Crippen LogP contribution in [0.1, 0.15) is 35.7 Å². The molecule has 0 spiro atoms. The van der Waals surface area contributed by atoms with Gasteiger partial charge in [-0.1, -0.05) is 24.3 Å². The summed E-state index contributed by atoms with van der Waals surface area (Å²) in [5.74, 6) is -0.705. The second kappa shape index (κ2) is 7.31. The SMILES string of the molecule is CC(=O)c1ccccc1NC(=O)C1=NN(c2cccc(C)c2)C(=O)CC1. The molecule has 0 saturated heterocycles. The molecule has 2 aromatic carbocycles. The minimum Gasteiger partial charge on any atom is -0.320 e. The van der Waals surface area contributed by atoms with Crippen LogP contribution in [0.15, 0.2) is 53.6 Å². The molecule has 3 rings (SSSR count). The Morgan fingerprint density at radius 3 is 2.58 bits per heavy atom. The number of hydrogen-bond donors (Lipinski definition) is 1. The normalized spacial score (nSPS) is 14.0. The number of carbonyl (C=O) groups is 3. The number of nitrogens with one attached hydrogen (secondary N) is 1. The molecular formula is C20H19N3O3. The highest BCUT2D eigenvalue weighted by molar-refractivity contribution is 6.44. The third-order valence-corrected chi connectivity index (χ3v) is 4.10. The van der Waals surface area contributed by atoms with E-state index in [1.165, 1.54) is 11.9 Å². The summed E-state index contributed by atoms with van der Waals surface area (Å²) < 4.78 is 0. The fourth-order valence-corrected chi connectivity index (χ4v) is 2.77. The number of ketones is 1. The molecule has 1 aliphatic heterocycles. The van der Waals surface area contributed by atoms with Crippen molar-refractivity contribution in [2.45, 2.75) is 26.7 Å². The Labute approximate surface area is 151 Å². The van der Waals surface area contributed by atoms with Crippen molar-refractivity contribution in [1.29, 1.82) is 0 Å². The number of para-hydroxylation sites is 1. The number of Topliss-reactive ketones (excluding diaryl/α,β-unsaturated/α-hetero) is 1. The molecule has 1 heterocycles. The van der Waals surface area contributed by atoms with Crippen molar-refractivity contribution in [2.24, 2.45) is 5.10 Å². The molecular weight excluding hydrogens is 330 g/mol. The van der Waals surface area contributed by atoms with Gasteiger partial charge >= 0.3 is 0 Å². The van der Waals surface area contributed by atoms with Gasteiger partial charge in [-0.25, -0.2) is 5.01 Å². The predicted octanol–water partition coefficient (Wildman–Crippen LogP) is 3.32. The average molecular weight is 349 g/mol. The molecule has 2 amide bonds. The highest BCUT2D eigenvalue weighted by atomic mass is 16.2. The summed E-state index contributed by atoms with van der Waals surface area (Å²) in [6, 6.07) is 14.2. The van der Waals surface area contributed by atoms with Crippen molar-refractivity contribution >= 4 is 34.7 Å². The monoisotopic (exact) mass is 349 g/mol. The second-order valence-corrected chi connectivity index (χ2v) is 6.15. The van der Waals surface area contributed by atoms with Gasteiger partial charge in [-0.2, -0.15) is 5.10 Å². The van der Waals surface area contributed by atoms with Crippen molar-refractivity contribution in [3.63, 3.8) is 0 Å². The Bertz CT molecular complexity index is 918. The smallest absolute Gasteiger partial charge is 0.271 e. The number of hydrazone groups is 1. The Hall–Kier alpha value is -3.28. The number of aryl methyl sites for hydroxylation is 1. The highest BCUT2D eigenvalue weighted by Crippen LogP contribution is 2.22. The predicted molar refractivity (Wildman–Crippen MR) is 100 cm³/mol. The van der Waals surface area contributed by atoms with E-state index in [-0.39, 0.29) is 30.2 Å². The van der Waals surface area contributed by atoms with Crippen molar-refractivity contribution in [3.8, 4) is 0 Å². The van der Waals surface area contributed by atoms with Gasteiger partial charge < -0.3 is 5.32 Å². The van der Waals surface area contributed by atoms with Crippen LogP contribution in [0.2, 0.25) is 0 Å². The Kier molecular flexibility index (Phi) is 4.93. The number of anilines is 2. The van der Waals surface area contributed by atoms with Gasteiger partial charge in [0.25, 0.3) is 5.91 Å². The van der Waals surface area contributed by atoms with Gasteiger partial charge in [0.1, 0.15) is 5.71 Å². The Balaban J connectivity index is 1.86. The van der Waals surface area contributed by atoms with Gasteiger partial charge in [-0.05, 0) is 43.7 Å². The standard InChI is InChI=1S/C20H19N3O3/c1-13-6-5-7-15(12-13)23-19(25)11-10-18(22-23)20(26)21-17-9-4-3-8-16(17)14(2)24/h3-9,12H,10-11H2,1-2H3,(H,21,26). The van der Waals surface area contributed by atoms with Gasteiger partial charge in [0.15, 0.2) is 5.78 Å². The van der Waals surface area contributed by atoms with E-state index >= 15 is 0 Å². The van der Waals surface area contributed by atoms with Crippen LogP contribution in [0.3, 0.4) is 0 Å². The molecule has 1 N–H and O–H groups in total. The molecule has 6 heteroatoms. The van der Waals surface area contributed by atoms with E-state index in [1.54, 1.807) is 30.3 Å². The number of amides is 2. The Morgan fingerprint density at radius 2 is 1.85 bits per heavy atom. The van der Waals surface area contributed by atoms with Crippen LogP contribution < -0.4 is 10.3 Å². The van der Waals surface area contributed by atoms with E-state index in [4.69, 9.17) is 0 Å². The first-order chi connectivity index (χ1) is 12.5. The van der Waals surface area contributed by atoms with Crippen molar-refractivity contribution in [2.75, 3.05) is 10.3 Å². The molecule has 1 aliphatic rings. The van der Waals surface area contributed by atoms with E-state index in [0.717, 1.165) is 5.56 Å².